The number of hydrogen-bond acceptors (Lipinski definition) is 4. The standard InChI is InChI=1S/C17H17ClN4O/c1-10(2)15-17(22-8-4-5-14(23)16(22)19-15)21-20-12-7-6-11(3)13(18)9-12/h4-10,23H,1-3H3. The third kappa shape index (κ3) is 2.92. The van der Waals surface area contributed by atoms with E-state index >= 15 is 0 Å². The lowest BCUT2D eigenvalue weighted by Crippen LogP contribution is -1.87. The van der Waals surface area contributed by atoms with Crippen molar-refractivity contribution in [3.05, 3.63) is 52.8 Å². The highest BCUT2D eigenvalue weighted by Crippen LogP contribution is 2.32. The predicted molar refractivity (Wildman–Crippen MR) is 91.3 cm³/mol. The minimum absolute atomic E-state index is 0.120. The van der Waals surface area contributed by atoms with Crippen LogP contribution in [0, 0.1) is 6.92 Å². The van der Waals surface area contributed by atoms with E-state index in [-0.39, 0.29) is 11.7 Å². The Morgan fingerprint density at radius 1 is 1.22 bits per heavy atom. The van der Waals surface area contributed by atoms with Gasteiger partial charge in [-0.2, -0.15) is 0 Å². The molecule has 0 aliphatic carbocycles. The van der Waals surface area contributed by atoms with E-state index in [9.17, 15) is 5.11 Å². The number of fused-ring (bicyclic) bond motifs is 1. The summed E-state index contributed by atoms with van der Waals surface area (Å²) in [4.78, 5) is 4.49. The molecule has 2 aromatic heterocycles. The molecule has 5 nitrogen and oxygen atoms in total. The summed E-state index contributed by atoms with van der Waals surface area (Å²) < 4.78 is 1.74. The van der Waals surface area contributed by atoms with Gasteiger partial charge in [-0.05, 0) is 42.7 Å². The molecule has 0 saturated heterocycles. The summed E-state index contributed by atoms with van der Waals surface area (Å²) >= 11 is 6.12. The van der Waals surface area contributed by atoms with Gasteiger partial charge in [-0.25, -0.2) is 4.98 Å². The van der Waals surface area contributed by atoms with Gasteiger partial charge in [-0.1, -0.05) is 31.5 Å². The molecule has 118 valence electrons. The first-order chi connectivity index (χ1) is 11.0. The van der Waals surface area contributed by atoms with Crippen molar-refractivity contribution in [3.63, 3.8) is 0 Å². The monoisotopic (exact) mass is 328 g/mol. The first kappa shape index (κ1) is 15.5. The fraction of sp³-hybridized carbons (Fsp3) is 0.235. The number of pyridine rings is 1. The summed E-state index contributed by atoms with van der Waals surface area (Å²) in [6.07, 6.45) is 1.81. The van der Waals surface area contributed by atoms with Crippen LogP contribution in [0.25, 0.3) is 5.65 Å². The van der Waals surface area contributed by atoms with E-state index in [2.05, 4.69) is 15.2 Å². The molecule has 3 rings (SSSR count). The molecule has 23 heavy (non-hydrogen) atoms. The summed E-state index contributed by atoms with van der Waals surface area (Å²) in [6.45, 7) is 5.99. The fourth-order valence-corrected chi connectivity index (χ4v) is 2.47. The number of benzene rings is 1. The fourth-order valence-electron chi connectivity index (χ4n) is 2.29. The Morgan fingerprint density at radius 3 is 2.70 bits per heavy atom. The molecule has 6 heteroatoms. The van der Waals surface area contributed by atoms with Crippen LogP contribution in [0.1, 0.15) is 31.0 Å². The van der Waals surface area contributed by atoms with Gasteiger partial charge in [0.1, 0.15) is 0 Å². The van der Waals surface area contributed by atoms with Crippen LogP contribution < -0.4 is 0 Å². The molecule has 1 N–H and O–H groups in total. The Bertz CT molecular complexity index is 899. The lowest BCUT2D eigenvalue weighted by molar-refractivity contribution is 0.477. The van der Waals surface area contributed by atoms with E-state index in [1.165, 1.54) is 0 Å². The largest absolute Gasteiger partial charge is 0.504 e. The van der Waals surface area contributed by atoms with Crippen LogP contribution in [0.4, 0.5) is 11.5 Å². The Labute approximate surface area is 139 Å². The van der Waals surface area contributed by atoms with Crippen molar-refractivity contribution in [3.8, 4) is 5.75 Å². The van der Waals surface area contributed by atoms with Crippen molar-refractivity contribution in [1.82, 2.24) is 9.38 Å². The summed E-state index contributed by atoms with van der Waals surface area (Å²) in [5.41, 5.74) is 2.93. The molecule has 0 amide bonds. The molecule has 0 aliphatic rings. The average molecular weight is 329 g/mol. The Kier molecular flexibility index (Phi) is 4.05. The van der Waals surface area contributed by atoms with Crippen LogP contribution >= 0.6 is 11.6 Å². The van der Waals surface area contributed by atoms with E-state index < -0.39 is 0 Å². The molecule has 0 unspecified atom stereocenters. The number of aromatic hydroxyl groups is 1. The van der Waals surface area contributed by atoms with E-state index in [0.29, 0.717) is 22.2 Å². The van der Waals surface area contributed by atoms with E-state index in [4.69, 9.17) is 11.6 Å². The van der Waals surface area contributed by atoms with E-state index in [1.54, 1.807) is 22.6 Å². The minimum atomic E-state index is 0.120. The molecule has 0 aliphatic heterocycles. The lowest BCUT2D eigenvalue weighted by atomic mass is 10.1. The Hall–Kier alpha value is -2.40. The third-order valence-corrected chi connectivity index (χ3v) is 4.00. The maximum absolute atomic E-state index is 9.97. The maximum Gasteiger partial charge on any atom is 0.183 e. The molecule has 0 saturated carbocycles. The number of aromatic nitrogens is 2. The highest BCUT2D eigenvalue weighted by molar-refractivity contribution is 6.31. The third-order valence-electron chi connectivity index (χ3n) is 3.59. The van der Waals surface area contributed by atoms with E-state index in [0.717, 1.165) is 11.3 Å². The number of halogens is 1. The van der Waals surface area contributed by atoms with Crippen molar-refractivity contribution in [1.29, 1.82) is 0 Å². The summed E-state index contributed by atoms with van der Waals surface area (Å²) in [7, 11) is 0. The van der Waals surface area contributed by atoms with Crippen LogP contribution in [0.3, 0.4) is 0 Å². The second-order valence-corrected chi connectivity index (χ2v) is 6.10. The van der Waals surface area contributed by atoms with Crippen molar-refractivity contribution in [2.75, 3.05) is 0 Å². The van der Waals surface area contributed by atoms with Crippen molar-refractivity contribution >= 4 is 28.8 Å². The van der Waals surface area contributed by atoms with Gasteiger partial charge in [-0.15, -0.1) is 10.2 Å². The zero-order valence-electron chi connectivity index (χ0n) is 13.2. The summed E-state index contributed by atoms with van der Waals surface area (Å²) in [5.74, 6) is 0.890. The van der Waals surface area contributed by atoms with Crippen molar-refractivity contribution in [2.24, 2.45) is 10.2 Å². The lowest BCUT2D eigenvalue weighted by Gasteiger charge is -2.02. The van der Waals surface area contributed by atoms with Gasteiger partial charge in [0.05, 0.1) is 11.4 Å². The van der Waals surface area contributed by atoms with Gasteiger partial charge in [0, 0.05) is 11.2 Å². The van der Waals surface area contributed by atoms with Gasteiger partial charge < -0.3 is 5.11 Å². The zero-order valence-corrected chi connectivity index (χ0v) is 13.9. The molecule has 0 atom stereocenters. The summed E-state index contributed by atoms with van der Waals surface area (Å²) in [5, 5.41) is 19.2. The molecule has 1 aromatic carbocycles. The Balaban J connectivity index is 2.11. The van der Waals surface area contributed by atoms with Crippen LogP contribution in [0.2, 0.25) is 5.02 Å². The smallest absolute Gasteiger partial charge is 0.183 e. The highest BCUT2D eigenvalue weighted by atomic mass is 35.5. The first-order valence-electron chi connectivity index (χ1n) is 7.35. The predicted octanol–water partition coefficient (Wildman–Crippen LogP) is 5.54. The number of azo groups is 1. The molecular formula is C17H17ClN4O. The van der Waals surface area contributed by atoms with Crippen LogP contribution in [0.15, 0.2) is 46.8 Å². The minimum Gasteiger partial charge on any atom is -0.504 e. The van der Waals surface area contributed by atoms with E-state index in [1.807, 2.05) is 39.1 Å². The maximum atomic E-state index is 9.97. The number of nitrogens with zero attached hydrogens (tertiary/aromatic N) is 4. The highest BCUT2D eigenvalue weighted by Gasteiger charge is 2.16. The SMILES string of the molecule is Cc1ccc(N=Nc2c(C(C)C)nc3c(O)cccn23)cc1Cl. The quantitative estimate of drug-likeness (QED) is 0.641. The van der Waals surface area contributed by atoms with Gasteiger partial charge in [-0.3, -0.25) is 4.40 Å². The van der Waals surface area contributed by atoms with Crippen molar-refractivity contribution in [2.45, 2.75) is 26.7 Å². The number of hydrogen-bond donors (Lipinski definition) is 1. The summed E-state index contributed by atoms with van der Waals surface area (Å²) in [6, 6.07) is 8.89. The molecule has 2 heterocycles. The molecule has 3 aromatic rings. The first-order valence-corrected chi connectivity index (χ1v) is 7.73. The second kappa shape index (κ2) is 6.01. The number of rotatable bonds is 3. The molecular weight excluding hydrogens is 312 g/mol. The van der Waals surface area contributed by atoms with Gasteiger partial charge in [0.25, 0.3) is 0 Å². The van der Waals surface area contributed by atoms with Gasteiger partial charge >= 0.3 is 0 Å². The number of aryl methyl sites for hydroxylation is 1. The van der Waals surface area contributed by atoms with Crippen LogP contribution in [0.5, 0.6) is 5.75 Å². The zero-order chi connectivity index (χ0) is 16.6. The normalized spacial score (nSPS) is 11.9. The number of imidazole rings is 1. The van der Waals surface area contributed by atoms with Crippen molar-refractivity contribution < 1.29 is 5.11 Å². The molecule has 0 fully saturated rings. The van der Waals surface area contributed by atoms with Crippen LogP contribution in [-0.2, 0) is 0 Å². The molecule has 0 spiro atoms. The topological polar surface area (TPSA) is 62.2 Å². The van der Waals surface area contributed by atoms with Gasteiger partial charge in [0.2, 0.25) is 0 Å². The second-order valence-electron chi connectivity index (χ2n) is 5.70. The molecule has 0 bridgehead atoms. The molecule has 0 radical (unpaired) electrons. The average Bonchev–Trinajstić information content (AvgIpc) is 2.89. The van der Waals surface area contributed by atoms with Crippen LogP contribution in [-0.4, -0.2) is 14.5 Å². The van der Waals surface area contributed by atoms with Gasteiger partial charge in [0.15, 0.2) is 17.2 Å². The Morgan fingerprint density at radius 2 is 2.00 bits per heavy atom.